The molecule has 0 saturated carbocycles. The van der Waals surface area contributed by atoms with Gasteiger partial charge >= 0.3 is 0 Å². The molecule has 0 aliphatic carbocycles. The second kappa shape index (κ2) is 12.5. The van der Waals surface area contributed by atoms with Gasteiger partial charge in [-0.1, -0.05) is 59.3 Å². The van der Waals surface area contributed by atoms with Crippen molar-refractivity contribution in [1.82, 2.24) is 0 Å². The molecule has 38 heavy (non-hydrogen) atoms. The molecule has 4 rings (SSSR count). The summed E-state index contributed by atoms with van der Waals surface area (Å²) < 4.78 is 17.0. The SMILES string of the molecule is CCOc1ccc(N2C(=O)/C(=C/c3ccc(OCC(=O)Nc4cccc(Cl)c4Cl)c(OC)c3)SC2=S)cc1. The predicted octanol–water partition coefficient (Wildman–Crippen LogP) is 6.82. The van der Waals surface area contributed by atoms with E-state index in [1.54, 1.807) is 66.7 Å². The molecule has 1 N–H and O–H groups in total. The van der Waals surface area contributed by atoms with Crippen LogP contribution in [0, 0.1) is 0 Å². The largest absolute Gasteiger partial charge is 0.494 e. The van der Waals surface area contributed by atoms with Crippen LogP contribution in [0.25, 0.3) is 6.08 Å². The zero-order chi connectivity index (χ0) is 27.2. The number of carbonyl (C=O) groups is 2. The summed E-state index contributed by atoms with van der Waals surface area (Å²) in [5.74, 6) is 0.837. The molecule has 196 valence electrons. The van der Waals surface area contributed by atoms with E-state index in [9.17, 15) is 9.59 Å². The highest BCUT2D eigenvalue weighted by atomic mass is 35.5. The van der Waals surface area contributed by atoms with Crippen LogP contribution < -0.4 is 24.4 Å². The molecule has 11 heteroatoms. The van der Waals surface area contributed by atoms with Crippen molar-refractivity contribution in [3.63, 3.8) is 0 Å². The van der Waals surface area contributed by atoms with Gasteiger partial charge in [0.2, 0.25) is 0 Å². The van der Waals surface area contributed by atoms with Crippen molar-refractivity contribution in [1.29, 1.82) is 0 Å². The Morgan fingerprint density at radius 1 is 1.08 bits per heavy atom. The van der Waals surface area contributed by atoms with Crippen molar-refractivity contribution in [3.8, 4) is 17.2 Å². The number of hydrogen-bond donors (Lipinski definition) is 1. The Kier molecular flexibility index (Phi) is 9.17. The summed E-state index contributed by atoms with van der Waals surface area (Å²) >= 11 is 18.8. The topological polar surface area (TPSA) is 77.1 Å². The van der Waals surface area contributed by atoms with Gasteiger partial charge in [-0.15, -0.1) is 0 Å². The third kappa shape index (κ3) is 6.42. The van der Waals surface area contributed by atoms with Crippen LogP contribution in [-0.4, -0.2) is 36.5 Å². The summed E-state index contributed by atoms with van der Waals surface area (Å²) in [6.45, 7) is 2.19. The van der Waals surface area contributed by atoms with E-state index in [1.165, 1.54) is 23.8 Å². The third-order valence-corrected chi connectivity index (χ3v) is 7.39. The highest BCUT2D eigenvalue weighted by Gasteiger charge is 2.33. The van der Waals surface area contributed by atoms with Crippen molar-refractivity contribution >= 4 is 80.8 Å². The van der Waals surface area contributed by atoms with Crippen LogP contribution in [0.2, 0.25) is 10.0 Å². The summed E-state index contributed by atoms with van der Waals surface area (Å²) in [6.07, 6.45) is 1.73. The number of carbonyl (C=O) groups excluding carboxylic acids is 2. The van der Waals surface area contributed by atoms with Gasteiger partial charge in [0, 0.05) is 0 Å². The Labute approximate surface area is 239 Å². The quantitative estimate of drug-likeness (QED) is 0.217. The first-order valence-corrected chi connectivity index (χ1v) is 13.3. The highest BCUT2D eigenvalue weighted by molar-refractivity contribution is 8.27. The van der Waals surface area contributed by atoms with E-state index in [1.807, 2.05) is 6.92 Å². The first-order valence-electron chi connectivity index (χ1n) is 11.4. The second-order valence-corrected chi connectivity index (χ2v) is 10.3. The normalized spacial score (nSPS) is 14.1. The van der Waals surface area contributed by atoms with Gasteiger partial charge in [0.1, 0.15) is 5.75 Å². The number of nitrogens with one attached hydrogen (secondary N) is 1. The molecular formula is C27H22Cl2N2O5S2. The fourth-order valence-corrected chi connectivity index (χ4v) is 5.17. The molecule has 0 aromatic heterocycles. The van der Waals surface area contributed by atoms with Crippen LogP contribution in [-0.2, 0) is 9.59 Å². The van der Waals surface area contributed by atoms with Gasteiger partial charge in [0.05, 0.1) is 40.0 Å². The van der Waals surface area contributed by atoms with E-state index in [0.717, 1.165) is 5.75 Å². The average molecular weight is 590 g/mol. The standard InChI is InChI=1S/C27H22Cl2N2O5S2/c1-3-35-18-10-8-17(9-11-18)31-26(33)23(38-27(31)37)14-16-7-12-21(22(13-16)34-2)36-15-24(32)30-20-6-4-5-19(28)25(20)29/h4-14H,3,15H2,1-2H3,(H,30,32)/b23-14-. The predicted molar refractivity (Wildman–Crippen MR) is 157 cm³/mol. The number of nitrogens with zero attached hydrogens (tertiary/aromatic N) is 1. The lowest BCUT2D eigenvalue weighted by atomic mass is 10.1. The molecule has 0 atom stereocenters. The summed E-state index contributed by atoms with van der Waals surface area (Å²) in [5, 5.41) is 3.24. The van der Waals surface area contributed by atoms with Gasteiger partial charge in [0.25, 0.3) is 11.8 Å². The van der Waals surface area contributed by atoms with Crippen molar-refractivity contribution in [2.45, 2.75) is 6.92 Å². The first kappa shape index (κ1) is 27.8. The molecule has 2 amide bonds. The van der Waals surface area contributed by atoms with Crippen molar-refractivity contribution in [2.75, 3.05) is 30.5 Å². The van der Waals surface area contributed by atoms with Crippen LogP contribution >= 0.6 is 47.2 Å². The lowest BCUT2D eigenvalue weighted by Gasteiger charge is -2.15. The second-order valence-electron chi connectivity index (χ2n) is 7.79. The molecule has 1 saturated heterocycles. The number of ether oxygens (including phenoxy) is 3. The number of thiocarbonyl (C=S) groups is 1. The van der Waals surface area contributed by atoms with Gasteiger partial charge in [0.15, 0.2) is 22.4 Å². The Balaban J connectivity index is 1.44. The number of rotatable bonds is 9. The van der Waals surface area contributed by atoms with Gasteiger partial charge in [-0.05, 0) is 67.1 Å². The molecule has 0 unspecified atom stereocenters. The van der Waals surface area contributed by atoms with E-state index in [4.69, 9.17) is 49.6 Å². The Hall–Kier alpha value is -3.24. The van der Waals surface area contributed by atoms with Crippen LogP contribution in [0.3, 0.4) is 0 Å². The van der Waals surface area contributed by atoms with E-state index in [2.05, 4.69) is 5.32 Å². The number of thioether (sulfide) groups is 1. The first-order chi connectivity index (χ1) is 18.3. The summed E-state index contributed by atoms with van der Waals surface area (Å²) in [4.78, 5) is 27.4. The van der Waals surface area contributed by atoms with Crippen LogP contribution in [0.5, 0.6) is 17.2 Å². The minimum atomic E-state index is -0.418. The Morgan fingerprint density at radius 3 is 2.55 bits per heavy atom. The lowest BCUT2D eigenvalue weighted by Crippen LogP contribution is -2.27. The van der Waals surface area contributed by atoms with Gasteiger partial charge in [-0.25, -0.2) is 0 Å². The van der Waals surface area contributed by atoms with Gasteiger partial charge < -0.3 is 19.5 Å². The molecule has 0 spiro atoms. The summed E-state index contributed by atoms with van der Waals surface area (Å²) in [5.41, 5.74) is 1.76. The van der Waals surface area contributed by atoms with E-state index >= 15 is 0 Å². The minimum absolute atomic E-state index is 0.222. The van der Waals surface area contributed by atoms with E-state index in [-0.39, 0.29) is 17.5 Å². The number of halogens is 2. The van der Waals surface area contributed by atoms with Crippen LogP contribution in [0.4, 0.5) is 11.4 Å². The summed E-state index contributed by atoms with van der Waals surface area (Å²) in [7, 11) is 1.49. The molecule has 1 aliphatic rings. The van der Waals surface area contributed by atoms with Crippen LogP contribution in [0.15, 0.2) is 65.6 Å². The molecule has 3 aromatic rings. The van der Waals surface area contributed by atoms with Crippen LogP contribution in [0.1, 0.15) is 12.5 Å². The van der Waals surface area contributed by atoms with Crippen molar-refractivity contribution < 1.29 is 23.8 Å². The lowest BCUT2D eigenvalue weighted by molar-refractivity contribution is -0.118. The monoisotopic (exact) mass is 588 g/mol. The Morgan fingerprint density at radius 2 is 1.84 bits per heavy atom. The highest BCUT2D eigenvalue weighted by Crippen LogP contribution is 2.38. The molecule has 1 heterocycles. The molecule has 7 nitrogen and oxygen atoms in total. The molecule has 3 aromatic carbocycles. The molecule has 0 bridgehead atoms. The number of amides is 2. The fourth-order valence-electron chi connectivity index (χ4n) is 3.52. The zero-order valence-electron chi connectivity index (χ0n) is 20.3. The zero-order valence-corrected chi connectivity index (χ0v) is 23.5. The molecule has 1 aliphatic heterocycles. The maximum Gasteiger partial charge on any atom is 0.270 e. The average Bonchev–Trinajstić information content (AvgIpc) is 3.18. The number of anilines is 2. The molecule has 0 radical (unpaired) electrons. The number of methoxy groups -OCH3 is 1. The maximum absolute atomic E-state index is 13.1. The number of benzene rings is 3. The molecule has 1 fully saturated rings. The minimum Gasteiger partial charge on any atom is -0.494 e. The van der Waals surface area contributed by atoms with Gasteiger partial charge in [-0.3, -0.25) is 14.5 Å². The van der Waals surface area contributed by atoms with Gasteiger partial charge in [-0.2, -0.15) is 0 Å². The van der Waals surface area contributed by atoms with Crippen molar-refractivity contribution in [2.24, 2.45) is 0 Å². The fraction of sp³-hybridized carbons (Fsp3) is 0.148. The van der Waals surface area contributed by atoms with E-state index < -0.39 is 5.91 Å². The van der Waals surface area contributed by atoms with E-state index in [0.29, 0.717) is 49.3 Å². The Bertz CT molecular complexity index is 1410. The third-order valence-electron chi connectivity index (χ3n) is 5.27. The number of hydrogen-bond acceptors (Lipinski definition) is 7. The van der Waals surface area contributed by atoms with Crippen molar-refractivity contribution in [3.05, 3.63) is 81.2 Å². The molecular weight excluding hydrogens is 567 g/mol. The smallest absolute Gasteiger partial charge is 0.270 e. The maximum atomic E-state index is 13.1. The summed E-state index contributed by atoms with van der Waals surface area (Å²) in [6, 6.07) is 17.3.